The van der Waals surface area contributed by atoms with Gasteiger partial charge in [-0.15, -0.1) is 21.5 Å². The normalized spacial score (nSPS) is 12.4. The zero-order valence-corrected chi connectivity index (χ0v) is 14.2. The minimum atomic E-state index is -0.709. The smallest absolute Gasteiger partial charge is 0.276 e. The molecule has 3 rings (SSSR count). The number of nitrogens with zero attached hydrogens (tertiary/aromatic N) is 2. The fourth-order valence-corrected chi connectivity index (χ4v) is 3.22. The van der Waals surface area contributed by atoms with Gasteiger partial charge in [0.1, 0.15) is 5.82 Å². The van der Waals surface area contributed by atoms with E-state index >= 15 is 0 Å². The molecule has 3 aromatic rings. The second-order valence-corrected chi connectivity index (χ2v) is 6.84. The van der Waals surface area contributed by atoms with Crippen LogP contribution in [0, 0.1) is 5.82 Å². The molecule has 0 saturated carbocycles. The molecule has 2 aromatic heterocycles. The predicted octanol–water partition coefficient (Wildman–Crippen LogP) is 3.61. The molecule has 0 aliphatic rings. The summed E-state index contributed by atoms with van der Waals surface area (Å²) in [6.45, 7) is 0.227. The SMILES string of the molecule is OC(COCc1ccccc1F)CSc1nnc(-c2cccs2)o1. The van der Waals surface area contributed by atoms with Crippen molar-refractivity contribution in [2.45, 2.75) is 17.9 Å². The van der Waals surface area contributed by atoms with E-state index in [1.165, 1.54) is 29.2 Å². The van der Waals surface area contributed by atoms with Gasteiger partial charge in [0.25, 0.3) is 11.1 Å². The number of aliphatic hydroxyl groups is 1. The summed E-state index contributed by atoms with van der Waals surface area (Å²) in [5, 5.41) is 20.2. The van der Waals surface area contributed by atoms with E-state index in [0.29, 0.717) is 22.4 Å². The van der Waals surface area contributed by atoms with Gasteiger partial charge in [-0.3, -0.25) is 0 Å². The molecule has 126 valence electrons. The lowest BCUT2D eigenvalue weighted by atomic mass is 10.2. The van der Waals surface area contributed by atoms with Crippen molar-refractivity contribution in [1.29, 1.82) is 0 Å². The Hall–Kier alpha value is -1.74. The lowest BCUT2D eigenvalue weighted by molar-refractivity contribution is 0.0386. The highest BCUT2D eigenvalue weighted by molar-refractivity contribution is 7.99. The molecular formula is C16H15FN2O3S2. The first kappa shape index (κ1) is 17.1. The molecule has 1 atom stereocenters. The molecule has 8 heteroatoms. The number of halogens is 1. The van der Waals surface area contributed by atoms with Gasteiger partial charge in [-0.2, -0.15) is 0 Å². The van der Waals surface area contributed by atoms with E-state index in [2.05, 4.69) is 10.2 Å². The van der Waals surface area contributed by atoms with Gasteiger partial charge in [0.2, 0.25) is 0 Å². The molecule has 1 N–H and O–H groups in total. The first-order valence-electron chi connectivity index (χ1n) is 7.22. The molecule has 1 unspecified atom stereocenters. The molecule has 1 aromatic carbocycles. The molecule has 24 heavy (non-hydrogen) atoms. The molecule has 0 radical (unpaired) electrons. The second kappa shape index (κ2) is 8.39. The van der Waals surface area contributed by atoms with Crippen LogP contribution >= 0.6 is 23.1 Å². The number of rotatable bonds is 8. The van der Waals surface area contributed by atoms with Crippen LogP contribution in [-0.2, 0) is 11.3 Å². The fourth-order valence-electron chi connectivity index (χ4n) is 1.90. The van der Waals surface area contributed by atoms with Crippen molar-refractivity contribution >= 4 is 23.1 Å². The topological polar surface area (TPSA) is 68.4 Å². The second-order valence-electron chi connectivity index (χ2n) is 4.92. The summed E-state index contributed by atoms with van der Waals surface area (Å²) in [6.07, 6.45) is -0.709. The van der Waals surface area contributed by atoms with Crippen molar-refractivity contribution in [3.8, 4) is 10.8 Å². The van der Waals surface area contributed by atoms with Gasteiger partial charge in [0.15, 0.2) is 0 Å². The number of hydrogen-bond donors (Lipinski definition) is 1. The number of ether oxygens (including phenoxy) is 1. The molecule has 0 aliphatic heterocycles. The van der Waals surface area contributed by atoms with Crippen molar-refractivity contribution in [1.82, 2.24) is 10.2 Å². The average molecular weight is 366 g/mol. The first-order valence-corrected chi connectivity index (χ1v) is 9.08. The number of benzene rings is 1. The Morgan fingerprint density at radius 2 is 2.12 bits per heavy atom. The summed E-state index contributed by atoms with van der Waals surface area (Å²) in [4.78, 5) is 0.906. The molecule has 0 saturated heterocycles. The highest BCUT2D eigenvalue weighted by atomic mass is 32.2. The van der Waals surface area contributed by atoms with Gasteiger partial charge >= 0.3 is 0 Å². The third-order valence-electron chi connectivity index (χ3n) is 3.06. The number of hydrogen-bond acceptors (Lipinski definition) is 7. The van der Waals surface area contributed by atoms with E-state index in [1.807, 2.05) is 17.5 Å². The van der Waals surface area contributed by atoms with Crippen LogP contribution in [0.15, 0.2) is 51.4 Å². The fraction of sp³-hybridized carbons (Fsp3) is 0.250. The highest BCUT2D eigenvalue weighted by Crippen LogP contribution is 2.26. The van der Waals surface area contributed by atoms with Crippen molar-refractivity contribution < 1.29 is 18.7 Å². The quantitative estimate of drug-likeness (QED) is 0.614. The maximum atomic E-state index is 13.4. The summed E-state index contributed by atoms with van der Waals surface area (Å²) < 4.78 is 24.3. The molecule has 5 nitrogen and oxygen atoms in total. The summed E-state index contributed by atoms with van der Waals surface area (Å²) in [5.41, 5.74) is 0.467. The summed E-state index contributed by atoms with van der Waals surface area (Å²) in [5.74, 6) is 0.509. The van der Waals surface area contributed by atoms with Crippen LogP contribution in [0.5, 0.6) is 0 Å². The van der Waals surface area contributed by atoms with Gasteiger partial charge in [-0.05, 0) is 17.5 Å². The molecule has 0 bridgehead atoms. The number of aromatic nitrogens is 2. The van der Waals surface area contributed by atoms with Crippen LogP contribution in [0.4, 0.5) is 4.39 Å². The first-order chi connectivity index (χ1) is 11.7. The van der Waals surface area contributed by atoms with Crippen molar-refractivity contribution in [3.63, 3.8) is 0 Å². The summed E-state index contributed by atoms with van der Waals surface area (Å²) in [6, 6.07) is 10.2. The van der Waals surface area contributed by atoms with Crippen LogP contribution < -0.4 is 0 Å². The molecule has 0 fully saturated rings. The Kier molecular flexibility index (Phi) is 5.97. The van der Waals surface area contributed by atoms with Crippen LogP contribution in [-0.4, -0.2) is 33.8 Å². The van der Waals surface area contributed by atoms with Crippen molar-refractivity contribution in [2.24, 2.45) is 0 Å². The standard InChI is InChI=1S/C16H15FN2O3S2/c17-13-5-2-1-4-11(13)8-21-9-12(20)10-24-16-19-18-15(22-16)14-6-3-7-23-14/h1-7,12,20H,8-10H2. The van der Waals surface area contributed by atoms with Gasteiger partial charge < -0.3 is 14.3 Å². The minimum Gasteiger partial charge on any atom is -0.410 e. The third kappa shape index (κ3) is 4.64. The van der Waals surface area contributed by atoms with Gasteiger partial charge in [-0.25, -0.2) is 4.39 Å². The molecule has 0 aliphatic carbocycles. The zero-order chi connectivity index (χ0) is 16.8. The van der Waals surface area contributed by atoms with Gasteiger partial charge in [0.05, 0.1) is 24.2 Å². The van der Waals surface area contributed by atoms with Crippen molar-refractivity contribution in [3.05, 3.63) is 53.2 Å². The maximum absolute atomic E-state index is 13.4. The third-order valence-corrected chi connectivity index (χ3v) is 4.88. The molecule has 0 amide bonds. The molecular weight excluding hydrogens is 351 g/mol. The van der Waals surface area contributed by atoms with E-state index in [1.54, 1.807) is 18.2 Å². The van der Waals surface area contributed by atoms with Crippen LogP contribution in [0.3, 0.4) is 0 Å². The van der Waals surface area contributed by atoms with Gasteiger partial charge in [0, 0.05) is 11.3 Å². The van der Waals surface area contributed by atoms with Crippen LogP contribution in [0.1, 0.15) is 5.56 Å². The van der Waals surface area contributed by atoms with Gasteiger partial charge in [-0.1, -0.05) is 36.0 Å². The molecule has 2 heterocycles. The lowest BCUT2D eigenvalue weighted by Gasteiger charge is -2.10. The Morgan fingerprint density at radius 1 is 1.25 bits per heavy atom. The lowest BCUT2D eigenvalue weighted by Crippen LogP contribution is -2.18. The number of thiophene rings is 1. The highest BCUT2D eigenvalue weighted by Gasteiger charge is 2.12. The Bertz CT molecular complexity index is 764. The van der Waals surface area contributed by atoms with E-state index in [0.717, 1.165) is 4.88 Å². The van der Waals surface area contributed by atoms with Crippen molar-refractivity contribution in [2.75, 3.05) is 12.4 Å². The minimum absolute atomic E-state index is 0.104. The Balaban J connectivity index is 1.41. The molecule has 0 spiro atoms. The number of aliphatic hydroxyl groups excluding tert-OH is 1. The monoisotopic (exact) mass is 366 g/mol. The Labute approximate surface area is 146 Å². The zero-order valence-electron chi connectivity index (χ0n) is 12.6. The predicted molar refractivity (Wildman–Crippen MR) is 90.4 cm³/mol. The van der Waals surface area contributed by atoms with Crippen LogP contribution in [0.2, 0.25) is 0 Å². The average Bonchev–Trinajstić information content (AvgIpc) is 3.26. The largest absolute Gasteiger partial charge is 0.410 e. The van der Waals surface area contributed by atoms with E-state index in [4.69, 9.17) is 9.15 Å². The Morgan fingerprint density at radius 3 is 2.92 bits per heavy atom. The maximum Gasteiger partial charge on any atom is 0.276 e. The number of thioether (sulfide) groups is 1. The van der Waals surface area contributed by atoms with Crippen LogP contribution in [0.25, 0.3) is 10.8 Å². The van der Waals surface area contributed by atoms with E-state index < -0.39 is 6.10 Å². The summed E-state index contributed by atoms with van der Waals surface area (Å²) in [7, 11) is 0. The van der Waals surface area contributed by atoms with E-state index in [-0.39, 0.29) is 19.0 Å². The van der Waals surface area contributed by atoms with E-state index in [9.17, 15) is 9.50 Å². The summed E-state index contributed by atoms with van der Waals surface area (Å²) >= 11 is 2.77.